The van der Waals surface area contributed by atoms with Crippen LogP contribution in [0.15, 0.2) is 0 Å². The molecule has 82 valence electrons. The SMILES string of the molecule is O=C(O)CNC(=O)C1C2C3CCC(C3)C12. The number of nitrogens with one attached hydrogen (secondary N) is 1. The molecule has 3 rings (SSSR count). The van der Waals surface area contributed by atoms with E-state index >= 15 is 0 Å². The first-order chi connectivity index (χ1) is 7.18. The van der Waals surface area contributed by atoms with Gasteiger partial charge in [-0.3, -0.25) is 9.59 Å². The molecule has 3 fully saturated rings. The third-order valence-corrected chi connectivity index (χ3v) is 4.45. The number of fused-ring (bicyclic) bond motifs is 5. The highest BCUT2D eigenvalue weighted by molar-refractivity contribution is 5.85. The molecular formula is C11H15NO3. The molecule has 0 heterocycles. The minimum atomic E-state index is -0.961. The molecule has 0 aromatic rings. The Bertz CT molecular complexity index is 312. The number of hydrogen-bond donors (Lipinski definition) is 2. The molecule has 15 heavy (non-hydrogen) atoms. The van der Waals surface area contributed by atoms with Gasteiger partial charge >= 0.3 is 5.97 Å². The molecule has 0 spiro atoms. The van der Waals surface area contributed by atoms with E-state index in [1.807, 2.05) is 0 Å². The molecular weight excluding hydrogens is 194 g/mol. The largest absolute Gasteiger partial charge is 0.480 e. The Hall–Kier alpha value is -1.06. The lowest BCUT2D eigenvalue weighted by Gasteiger charge is -2.07. The predicted molar refractivity (Wildman–Crippen MR) is 51.9 cm³/mol. The summed E-state index contributed by atoms with van der Waals surface area (Å²) in [5.41, 5.74) is 0. The van der Waals surface area contributed by atoms with Crippen LogP contribution in [0, 0.1) is 29.6 Å². The summed E-state index contributed by atoms with van der Waals surface area (Å²) >= 11 is 0. The second-order valence-electron chi connectivity index (χ2n) is 5.13. The van der Waals surface area contributed by atoms with Crippen molar-refractivity contribution in [2.75, 3.05) is 6.54 Å². The van der Waals surface area contributed by atoms with Crippen LogP contribution in [0.2, 0.25) is 0 Å². The lowest BCUT2D eigenvalue weighted by Crippen LogP contribution is -2.32. The van der Waals surface area contributed by atoms with Gasteiger partial charge in [-0.1, -0.05) is 0 Å². The summed E-state index contributed by atoms with van der Waals surface area (Å²) in [5, 5.41) is 11.0. The number of carbonyl (C=O) groups excluding carboxylic acids is 1. The summed E-state index contributed by atoms with van der Waals surface area (Å²) in [7, 11) is 0. The van der Waals surface area contributed by atoms with Gasteiger partial charge in [0, 0.05) is 5.92 Å². The van der Waals surface area contributed by atoms with Crippen molar-refractivity contribution in [1.29, 1.82) is 0 Å². The second-order valence-corrected chi connectivity index (χ2v) is 5.13. The van der Waals surface area contributed by atoms with Crippen LogP contribution in [0.25, 0.3) is 0 Å². The minimum absolute atomic E-state index is 0.0241. The summed E-state index contributed by atoms with van der Waals surface area (Å²) < 4.78 is 0. The smallest absolute Gasteiger partial charge is 0.322 e. The summed E-state index contributed by atoms with van der Waals surface area (Å²) in [5.74, 6) is 1.88. The Morgan fingerprint density at radius 1 is 1.20 bits per heavy atom. The molecule has 1 amide bonds. The molecule has 2 bridgehead atoms. The van der Waals surface area contributed by atoms with Gasteiger partial charge in [0.15, 0.2) is 0 Å². The molecule has 4 atom stereocenters. The summed E-state index contributed by atoms with van der Waals surface area (Å²) in [6, 6.07) is 0. The Morgan fingerprint density at radius 3 is 2.33 bits per heavy atom. The summed E-state index contributed by atoms with van der Waals surface area (Å²) in [6.07, 6.45) is 3.89. The van der Waals surface area contributed by atoms with Crippen LogP contribution < -0.4 is 5.32 Å². The Balaban J connectivity index is 1.58. The molecule has 4 nitrogen and oxygen atoms in total. The van der Waals surface area contributed by atoms with Gasteiger partial charge in [-0.2, -0.15) is 0 Å². The van der Waals surface area contributed by atoms with Gasteiger partial charge in [-0.25, -0.2) is 0 Å². The molecule has 3 saturated carbocycles. The highest BCUT2D eigenvalue weighted by Gasteiger charge is 2.67. The van der Waals surface area contributed by atoms with E-state index < -0.39 is 5.97 Å². The Kier molecular flexibility index (Phi) is 1.82. The number of carbonyl (C=O) groups is 2. The zero-order chi connectivity index (χ0) is 10.6. The highest BCUT2D eigenvalue weighted by Crippen LogP contribution is 2.69. The first-order valence-electron chi connectivity index (χ1n) is 5.68. The minimum Gasteiger partial charge on any atom is -0.480 e. The van der Waals surface area contributed by atoms with Crippen molar-refractivity contribution in [3.8, 4) is 0 Å². The number of carboxylic acid groups (broad SMARTS) is 1. The lowest BCUT2D eigenvalue weighted by atomic mass is 10.0. The van der Waals surface area contributed by atoms with Gasteiger partial charge in [0.2, 0.25) is 5.91 Å². The van der Waals surface area contributed by atoms with Crippen molar-refractivity contribution in [2.24, 2.45) is 29.6 Å². The van der Waals surface area contributed by atoms with Crippen molar-refractivity contribution < 1.29 is 14.7 Å². The van der Waals surface area contributed by atoms with E-state index in [-0.39, 0.29) is 18.4 Å². The fourth-order valence-electron chi connectivity index (χ4n) is 3.96. The molecule has 0 aromatic carbocycles. The zero-order valence-electron chi connectivity index (χ0n) is 8.48. The van der Waals surface area contributed by atoms with Gasteiger partial charge in [-0.15, -0.1) is 0 Å². The lowest BCUT2D eigenvalue weighted by molar-refractivity contribution is -0.138. The average Bonchev–Trinajstić information content (AvgIpc) is 2.64. The van der Waals surface area contributed by atoms with Gasteiger partial charge in [-0.05, 0) is 42.9 Å². The maximum Gasteiger partial charge on any atom is 0.322 e. The van der Waals surface area contributed by atoms with Crippen molar-refractivity contribution in [3.05, 3.63) is 0 Å². The molecule has 3 aliphatic rings. The summed E-state index contributed by atoms with van der Waals surface area (Å²) in [4.78, 5) is 22.0. The number of aliphatic carboxylic acids is 1. The Morgan fingerprint density at radius 2 is 1.80 bits per heavy atom. The van der Waals surface area contributed by atoms with Crippen LogP contribution in [0.3, 0.4) is 0 Å². The highest BCUT2D eigenvalue weighted by atomic mass is 16.4. The van der Waals surface area contributed by atoms with Gasteiger partial charge in [0.05, 0.1) is 0 Å². The molecule has 0 aromatic heterocycles. The molecule has 3 aliphatic carbocycles. The van der Waals surface area contributed by atoms with Crippen LogP contribution in [0.5, 0.6) is 0 Å². The van der Waals surface area contributed by atoms with Gasteiger partial charge in [0.25, 0.3) is 0 Å². The monoisotopic (exact) mass is 209 g/mol. The molecule has 2 N–H and O–H groups in total. The van der Waals surface area contributed by atoms with E-state index in [1.54, 1.807) is 0 Å². The maximum absolute atomic E-state index is 11.7. The second kappa shape index (κ2) is 2.97. The average molecular weight is 209 g/mol. The third kappa shape index (κ3) is 1.27. The van der Waals surface area contributed by atoms with E-state index in [0.29, 0.717) is 11.8 Å². The molecule has 0 saturated heterocycles. The number of amides is 1. The van der Waals surface area contributed by atoms with Crippen LogP contribution in [0.4, 0.5) is 0 Å². The number of carboxylic acids is 1. The fraction of sp³-hybridized carbons (Fsp3) is 0.818. The predicted octanol–water partition coefficient (Wildman–Crippen LogP) is 0.479. The standard InChI is InChI=1S/C11H15NO3/c13-7(14)4-12-11(15)10-8-5-1-2-6(3-5)9(8)10/h5-6,8-10H,1-4H2,(H,12,15)(H,13,14). The normalized spacial score (nSPS) is 44.9. The van der Waals surface area contributed by atoms with Crippen molar-refractivity contribution in [2.45, 2.75) is 19.3 Å². The van der Waals surface area contributed by atoms with Crippen LogP contribution >= 0.6 is 0 Å². The van der Waals surface area contributed by atoms with Gasteiger partial charge < -0.3 is 10.4 Å². The fourth-order valence-corrected chi connectivity index (χ4v) is 3.96. The van der Waals surface area contributed by atoms with E-state index in [4.69, 9.17) is 5.11 Å². The molecule has 4 heteroatoms. The van der Waals surface area contributed by atoms with Crippen molar-refractivity contribution in [3.63, 3.8) is 0 Å². The molecule has 0 aliphatic heterocycles. The Labute approximate surface area is 88.0 Å². The van der Waals surface area contributed by atoms with E-state index in [9.17, 15) is 9.59 Å². The van der Waals surface area contributed by atoms with Crippen molar-refractivity contribution >= 4 is 11.9 Å². The van der Waals surface area contributed by atoms with Gasteiger partial charge in [0.1, 0.15) is 6.54 Å². The number of hydrogen-bond acceptors (Lipinski definition) is 2. The zero-order valence-corrected chi connectivity index (χ0v) is 8.48. The van der Waals surface area contributed by atoms with Crippen LogP contribution in [-0.4, -0.2) is 23.5 Å². The molecule has 4 unspecified atom stereocenters. The molecule has 0 radical (unpaired) electrons. The third-order valence-electron chi connectivity index (χ3n) is 4.45. The first kappa shape index (κ1) is 9.19. The van der Waals surface area contributed by atoms with Crippen molar-refractivity contribution in [1.82, 2.24) is 5.32 Å². The summed E-state index contributed by atoms with van der Waals surface area (Å²) in [6.45, 7) is -0.232. The quantitative estimate of drug-likeness (QED) is 0.710. The van der Waals surface area contributed by atoms with E-state index in [1.165, 1.54) is 19.3 Å². The number of rotatable bonds is 3. The maximum atomic E-state index is 11.7. The van der Waals surface area contributed by atoms with E-state index in [2.05, 4.69) is 5.32 Å². The van der Waals surface area contributed by atoms with Crippen LogP contribution in [-0.2, 0) is 9.59 Å². The topological polar surface area (TPSA) is 66.4 Å². The van der Waals surface area contributed by atoms with Crippen LogP contribution in [0.1, 0.15) is 19.3 Å². The van der Waals surface area contributed by atoms with E-state index in [0.717, 1.165) is 11.8 Å². The first-order valence-corrected chi connectivity index (χ1v) is 5.68.